The molecular formula is C85H121N25O36S2. The molecule has 0 spiro atoms. The van der Waals surface area contributed by atoms with E-state index >= 15 is 0 Å². The predicted octanol–water partition coefficient (Wildman–Crippen LogP) is -13.4. The number of carboxylic acid groups (broad SMARTS) is 4. The van der Waals surface area contributed by atoms with Gasteiger partial charge in [-0.15, -0.1) is 0 Å². The van der Waals surface area contributed by atoms with Crippen molar-refractivity contribution in [3.63, 3.8) is 0 Å². The van der Waals surface area contributed by atoms with Gasteiger partial charge in [-0.1, -0.05) is 21.6 Å². The van der Waals surface area contributed by atoms with Crippen LogP contribution in [-0.4, -0.2) is 411 Å². The summed E-state index contributed by atoms with van der Waals surface area (Å²) in [4.78, 5) is 259. The molecule has 0 aliphatic heterocycles. The quantitative estimate of drug-likeness (QED) is 0.0125. The van der Waals surface area contributed by atoms with Crippen LogP contribution < -0.4 is 96.9 Å². The van der Waals surface area contributed by atoms with Crippen LogP contribution in [0.5, 0.6) is 0 Å². The summed E-state index contributed by atoms with van der Waals surface area (Å²) in [5.74, 6) is -21.3. The molecule has 148 heavy (non-hydrogen) atoms. The molecule has 814 valence electrons. The zero-order valence-electron chi connectivity index (χ0n) is 78.7. The Balaban J connectivity index is 1.19. The van der Waals surface area contributed by atoms with E-state index in [1.807, 2.05) is 0 Å². The van der Waals surface area contributed by atoms with Crippen LogP contribution in [0, 0.1) is 5.41 Å². The zero-order chi connectivity index (χ0) is 110. The van der Waals surface area contributed by atoms with Crippen LogP contribution in [0.3, 0.4) is 0 Å². The standard InChI is InChI=1S/C85H121N25O36S2/c86-71-63-72(108-84(87)107-71)96-28-41(98-63)26-91-40-9-5-38(6-10-40)75(136)105-48(82(143)144)14-20-56(120)89-24-25-147-148-36-49(83(145)146)106-80(141)45(13-19-59(123)95-32-52(116)67(131)70(134)55(119)35-113)102-79(140)47(16-22-62(127)128)104-77(138)44(12-18-58(122)94-31-51(115)66(130)69(133)54(118)34-112)101-78(139)46(15-21-61(125)126)103-76(137)43(11-17-57(121)93-30-50(114)65(129)68(132)53(117)33-111)100-60(124)2-1-23-90-74(135)37-3-7-39(8-4-37)92-27-42-29-97-73-64(99-42)81(142)110-85(88)109-73/h3-10,28-29,43-55,65-70,91-92,111-119,129-134H,1-2,11-27,30-36H2,(H,89,120)(H,90,135)(H,93,121)(H,94,122)(H,95,123)(H,100,124)(H,101,139)(H,102,140)(H,103,137)(H,104,138)(H,105,136)(H,106,141)(H,125,126)(H,127,128)(H,143,144)(H,145,146)(H4,86,87,96,107,108)(H3,88,97,109,110,142)/t43-,44-,45-,46+,47+,48-,49+,50-,51-,52-,53+,54+,55+,65+,66+,67+,68+,69+,70+/m0/s1. The van der Waals surface area contributed by atoms with Crippen LogP contribution in [0.2, 0.25) is 0 Å². The molecule has 4 heterocycles. The number of hydrogen-bond acceptors (Lipinski definition) is 45. The number of carbonyl (C=O) groups is 16. The number of nitrogens with two attached hydrogens (primary N) is 2. The second kappa shape index (κ2) is 62.0. The van der Waals surface area contributed by atoms with Crippen molar-refractivity contribution in [1.29, 1.82) is 5.41 Å². The summed E-state index contributed by atoms with van der Waals surface area (Å²) in [6.45, 7) is -6.21. The number of benzene rings is 2. The summed E-state index contributed by atoms with van der Waals surface area (Å²) in [6, 6.07) is -2.50. The second-order valence-electron chi connectivity index (χ2n) is 33.1. The molecule has 6 aromatic rings. The molecule has 0 unspecified atom stereocenters. The van der Waals surface area contributed by atoms with Gasteiger partial charge in [-0.05, 0) is 93.5 Å². The van der Waals surface area contributed by atoms with E-state index in [1.54, 1.807) is 0 Å². The zero-order valence-corrected chi connectivity index (χ0v) is 80.4. The van der Waals surface area contributed by atoms with Gasteiger partial charge in [0.25, 0.3) is 17.4 Å². The van der Waals surface area contributed by atoms with Crippen LogP contribution >= 0.6 is 21.6 Å². The van der Waals surface area contributed by atoms with Crippen LogP contribution in [0.15, 0.2) is 65.7 Å². The topological polar surface area (TPSA) is 1030 Å². The van der Waals surface area contributed by atoms with E-state index in [9.17, 15) is 179 Å². The SMILES string of the molecule is N=c1[nH]c(N)nc2ncc(CNc3ccc(C(=O)N[C@@H](CCC(=O)NCCSSC[C@@H](NC(=O)[C@H](CCC(=O)NC[C@H](O)[C@@H](O)[C@H](O)[C@H](O)CO)NC(=O)[C@@H](CCC(=O)O)NC(=O)[C@H](CCC(=O)NC[C@H](O)[C@@H](O)[C@H](O)[C@H](O)CO)NC(=O)[C@@H](CCC(=O)O)NC(=O)[C@H](CCC(=O)NC[C@H](O)[C@@H](O)[C@H](O)[C@H](O)CO)NC(=O)CCCNC(=O)c4ccc(NCc5cnc6nc(N)[nH]c(=O)c6n5)cc4)C(=O)O)C(=O)O)cc3)nc12. The van der Waals surface area contributed by atoms with Gasteiger partial charge in [0.1, 0.15) is 97.2 Å². The molecule has 40 N–H and O–H groups in total. The molecule has 0 aliphatic carbocycles. The monoisotopic (exact) mass is 2130 g/mol. The molecule has 2 aromatic carbocycles. The molecule has 61 nitrogen and oxygen atoms in total. The predicted molar refractivity (Wildman–Crippen MR) is 513 cm³/mol. The smallest absolute Gasteiger partial charge is 0.327 e. The van der Waals surface area contributed by atoms with E-state index in [0.717, 1.165) is 21.6 Å². The van der Waals surface area contributed by atoms with Gasteiger partial charge in [0.05, 0.1) is 75.0 Å². The number of aliphatic hydroxyl groups excluding tert-OH is 15. The third-order valence-corrected chi connectivity index (χ3v) is 24.2. The van der Waals surface area contributed by atoms with E-state index < -0.39 is 345 Å². The molecule has 0 bridgehead atoms. The number of H-pyrrole nitrogens is 2. The summed E-state index contributed by atoms with van der Waals surface area (Å²) < 4.78 is 0. The molecule has 6 rings (SSSR count). The van der Waals surface area contributed by atoms with E-state index in [1.165, 1.54) is 60.9 Å². The number of nitrogens with one attached hydrogen (secondary N) is 17. The van der Waals surface area contributed by atoms with Gasteiger partial charge < -0.3 is 188 Å². The molecule has 12 amide bonds. The van der Waals surface area contributed by atoms with Crippen molar-refractivity contribution in [2.75, 3.05) is 86.2 Å². The Labute approximate surface area is 845 Å². The third-order valence-electron chi connectivity index (χ3n) is 21.8. The fraction of sp³-hybridized carbons (Fsp3) is 0.529. The first-order valence-electron chi connectivity index (χ1n) is 45.5. The first-order valence-corrected chi connectivity index (χ1v) is 47.9. The summed E-state index contributed by atoms with van der Waals surface area (Å²) >= 11 is 0. The molecule has 63 heteroatoms. The first-order chi connectivity index (χ1) is 70.1. The minimum atomic E-state index is -2.27. The average Bonchev–Trinajstić information content (AvgIpc) is 0.811. The highest BCUT2D eigenvalue weighted by atomic mass is 33.1. The van der Waals surface area contributed by atoms with E-state index in [2.05, 4.69) is 114 Å². The van der Waals surface area contributed by atoms with E-state index in [4.69, 9.17) is 16.9 Å². The lowest BCUT2D eigenvalue weighted by molar-refractivity contribution is -0.142. The Morgan fingerprint density at radius 1 is 0.365 bits per heavy atom. The van der Waals surface area contributed by atoms with Crippen molar-refractivity contribution in [3.8, 4) is 0 Å². The largest absolute Gasteiger partial charge is 0.481 e. The van der Waals surface area contributed by atoms with Crippen molar-refractivity contribution < 1.29 is 174 Å². The van der Waals surface area contributed by atoms with Crippen molar-refractivity contribution >= 4 is 162 Å². The van der Waals surface area contributed by atoms with Gasteiger partial charge in [-0.3, -0.25) is 82.3 Å². The van der Waals surface area contributed by atoms with Crippen LogP contribution in [0.4, 0.5) is 23.3 Å². The molecule has 0 aliphatic rings. The number of nitrogen functional groups attached to an aromatic ring is 2. The lowest BCUT2D eigenvalue weighted by Gasteiger charge is -2.28. The number of aliphatic hydroxyl groups is 15. The number of amides is 12. The molecule has 4 aromatic heterocycles. The fourth-order valence-corrected chi connectivity index (χ4v) is 15.4. The molecule has 0 fully saturated rings. The highest BCUT2D eigenvalue weighted by Crippen LogP contribution is 2.23. The Hall–Kier alpha value is -14.3. The van der Waals surface area contributed by atoms with Crippen molar-refractivity contribution in [2.45, 2.75) is 219 Å². The van der Waals surface area contributed by atoms with Gasteiger partial charge >= 0.3 is 23.9 Å². The maximum atomic E-state index is 14.9. The van der Waals surface area contributed by atoms with Crippen molar-refractivity contribution in [1.82, 2.24) is 104 Å². The van der Waals surface area contributed by atoms with Crippen molar-refractivity contribution in [2.24, 2.45) is 0 Å². The number of rotatable bonds is 68. The Bertz CT molecular complexity index is 5630. The Kier molecular flexibility index (Phi) is 51.3. The lowest BCUT2D eigenvalue weighted by Crippen LogP contribution is -2.59. The number of aromatic amines is 2. The van der Waals surface area contributed by atoms with Gasteiger partial charge in [-0.2, -0.15) is 9.97 Å². The number of carbonyl (C=O) groups excluding carboxylic acids is 12. The van der Waals surface area contributed by atoms with Gasteiger partial charge in [0, 0.05) is 112 Å². The third kappa shape index (κ3) is 41.5. The van der Waals surface area contributed by atoms with Crippen molar-refractivity contribution in [3.05, 3.63) is 99.3 Å². The number of nitrogens with zero attached hydrogens (tertiary/aromatic N) is 6. The maximum absolute atomic E-state index is 14.9. The summed E-state index contributed by atoms with van der Waals surface area (Å²) in [6.07, 6.45) is -33.5. The van der Waals surface area contributed by atoms with E-state index in [-0.39, 0.29) is 89.2 Å². The number of anilines is 4. The van der Waals surface area contributed by atoms with Crippen LogP contribution in [0.1, 0.15) is 122 Å². The lowest BCUT2D eigenvalue weighted by atomic mass is 10.0. The van der Waals surface area contributed by atoms with Crippen LogP contribution in [-0.2, 0) is 80.2 Å². The Morgan fingerprint density at radius 2 is 0.709 bits per heavy atom. The maximum Gasteiger partial charge on any atom is 0.327 e. The minimum Gasteiger partial charge on any atom is -0.481 e. The number of aliphatic carboxylic acids is 4. The summed E-state index contributed by atoms with van der Waals surface area (Å²) in [5, 5.41) is 232. The summed E-state index contributed by atoms with van der Waals surface area (Å²) in [5.41, 5.74) is 12.7. The number of hydrogen-bond donors (Lipinski definition) is 38. The van der Waals surface area contributed by atoms with Gasteiger partial charge in [0.2, 0.25) is 71.0 Å². The summed E-state index contributed by atoms with van der Waals surface area (Å²) in [7, 11) is 1.72. The number of aromatic nitrogens is 8. The number of carboxylic acids is 4. The highest BCUT2D eigenvalue weighted by molar-refractivity contribution is 8.76. The molecule has 0 saturated heterocycles. The second-order valence-corrected chi connectivity index (χ2v) is 35.8. The average molecular weight is 2130 g/mol. The van der Waals surface area contributed by atoms with Gasteiger partial charge in [-0.25, -0.2) is 29.5 Å². The fourth-order valence-electron chi connectivity index (χ4n) is 13.3. The normalized spacial score (nSPS) is 15.2. The first kappa shape index (κ1) is 122. The molecular weight excluding hydrogens is 2010 g/mol. The minimum absolute atomic E-state index is 0.00803. The number of fused-ring (bicyclic) bond motifs is 2. The van der Waals surface area contributed by atoms with E-state index in [0.29, 0.717) is 22.8 Å². The van der Waals surface area contributed by atoms with Crippen LogP contribution in [0.25, 0.3) is 22.3 Å². The molecule has 0 saturated carbocycles. The molecule has 19 atom stereocenters. The van der Waals surface area contributed by atoms with Gasteiger partial charge in [0.15, 0.2) is 27.8 Å². The highest BCUT2D eigenvalue weighted by Gasteiger charge is 2.39. The Morgan fingerprint density at radius 3 is 1.10 bits per heavy atom. The molecule has 0 radical (unpaired) electrons.